The van der Waals surface area contributed by atoms with E-state index in [9.17, 15) is 4.79 Å². The van der Waals surface area contributed by atoms with E-state index in [4.69, 9.17) is 5.26 Å². The van der Waals surface area contributed by atoms with Crippen molar-refractivity contribution in [3.8, 4) is 6.07 Å². The number of carbonyl (C=O) groups is 1. The Labute approximate surface area is 73.8 Å². The van der Waals surface area contributed by atoms with Crippen LogP contribution in [0.25, 0.3) is 0 Å². The fourth-order valence-electron chi connectivity index (χ4n) is 1.33. The first-order chi connectivity index (χ1) is 5.39. The molecule has 0 saturated carbocycles. The summed E-state index contributed by atoms with van der Waals surface area (Å²) in [5, 5.41) is 11.5. The molecule has 68 valence electrons. The van der Waals surface area contributed by atoms with Crippen LogP contribution in [0.15, 0.2) is 0 Å². The molecule has 0 fully saturated rings. The van der Waals surface area contributed by atoms with Gasteiger partial charge in [-0.05, 0) is 19.3 Å². The summed E-state index contributed by atoms with van der Waals surface area (Å²) in [5.41, 5.74) is -0.708. The summed E-state index contributed by atoms with van der Waals surface area (Å²) in [6.45, 7) is 7.22. The average molecular weight is 168 g/mol. The Hall–Kier alpha value is -1.04. The summed E-state index contributed by atoms with van der Waals surface area (Å²) in [4.78, 5) is 10.7. The Kier molecular flexibility index (Phi) is 3.75. The smallest absolute Gasteiger partial charge is 0.218 e. The molecule has 1 atom stereocenters. The summed E-state index contributed by atoms with van der Waals surface area (Å²) in [6, 6.07) is 2.11. The molecule has 0 bridgehead atoms. The zero-order valence-electron chi connectivity index (χ0n) is 8.14. The average Bonchev–Trinajstić information content (AvgIpc) is 1.83. The first-order valence-corrected chi connectivity index (χ1v) is 4.09. The molecule has 0 aliphatic carbocycles. The van der Waals surface area contributed by atoms with Gasteiger partial charge in [0.15, 0.2) is 0 Å². The molecule has 1 N–H and O–H groups in total. The molecule has 0 heterocycles. The normalized spacial score (nSPS) is 15.0. The molecule has 3 heteroatoms. The molecule has 0 aromatic carbocycles. The number of amides is 1. The van der Waals surface area contributed by atoms with Gasteiger partial charge in [-0.2, -0.15) is 5.26 Å². The largest absolute Gasteiger partial charge is 0.338 e. The monoisotopic (exact) mass is 168 g/mol. The molecule has 1 unspecified atom stereocenters. The third-order valence-corrected chi connectivity index (χ3v) is 1.52. The van der Waals surface area contributed by atoms with Crippen LogP contribution in [0.2, 0.25) is 0 Å². The van der Waals surface area contributed by atoms with Crippen LogP contribution in [0, 0.1) is 17.2 Å². The molecule has 0 saturated heterocycles. The van der Waals surface area contributed by atoms with Gasteiger partial charge < -0.3 is 5.32 Å². The van der Waals surface area contributed by atoms with E-state index >= 15 is 0 Å². The Morgan fingerprint density at radius 2 is 2.17 bits per heavy atom. The zero-order valence-corrected chi connectivity index (χ0v) is 8.14. The standard InChI is InChI=1S/C9H16N2O/c1-7(2)5-9(4,6-10)11-8(3)12/h7H,5H2,1-4H3,(H,11,12). The maximum Gasteiger partial charge on any atom is 0.218 e. The quantitative estimate of drug-likeness (QED) is 0.693. The third-order valence-electron chi connectivity index (χ3n) is 1.52. The molecular weight excluding hydrogens is 152 g/mol. The predicted octanol–water partition coefficient (Wildman–Crippen LogP) is 1.45. The van der Waals surface area contributed by atoms with Gasteiger partial charge >= 0.3 is 0 Å². The lowest BCUT2D eigenvalue weighted by molar-refractivity contribution is -0.120. The lowest BCUT2D eigenvalue weighted by Crippen LogP contribution is -2.44. The van der Waals surface area contributed by atoms with Crippen LogP contribution in [0.5, 0.6) is 0 Å². The van der Waals surface area contributed by atoms with Gasteiger partial charge in [0, 0.05) is 6.92 Å². The van der Waals surface area contributed by atoms with Gasteiger partial charge in [-0.15, -0.1) is 0 Å². The van der Waals surface area contributed by atoms with E-state index < -0.39 is 5.54 Å². The Bertz CT molecular complexity index is 205. The molecule has 0 aromatic heterocycles. The minimum absolute atomic E-state index is 0.153. The Morgan fingerprint density at radius 1 is 1.67 bits per heavy atom. The number of nitriles is 1. The molecule has 0 radical (unpaired) electrons. The molecule has 0 aliphatic rings. The van der Waals surface area contributed by atoms with Crippen LogP contribution in [0.4, 0.5) is 0 Å². The second-order valence-corrected chi connectivity index (χ2v) is 3.72. The van der Waals surface area contributed by atoms with Gasteiger partial charge in [-0.1, -0.05) is 13.8 Å². The van der Waals surface area contributed by atoms with E-state index in [2.05, 4.69) is 11.4 Å². The summed E-state index contributed by atoms with van der Waals surface area (Å²) >= 11 is 0. The van der Waals surface area contributed by atoms with Gasteiger partial charge in [-0.3, -0.25) is 4.79 Å². The lowest BCUT2D eigenvalue weighted by Gasteiger charge is -2.24. The van der Waals surface area contributed by atoms with Crippen LogP contribution in [-0.4, -0.2) is 11.4 Å². The van der Waals surface area contributed by atoms with Gasteiger partial charge in [0.05, 0.1) is 6.07 Å². The maximum absolute atomic E-state index is 10.7. The van der Waals surface area contributed by atoms with Crippen molar-refractivity contribution in [2.24, 2.45) is 5.92 Å². The van der Waals surface area contributed by atoms with Crippen molar-refractivity contribution >= 4 is 5.91 Å². The molecular formula is C9H16N2O. The number of nitrogens with one attached hydrogen (secondary N) is 1. The number of nitrogens with zero attached hydrogens (tertiary/aromatic N) is 1. The van der Waals surface area contributed by atoms with Crippen molar-refractivity contribution in [2.75, 3.05) is 0 Å². The van der Waals surface area contributed by atoms with Gasteiger partial charge in [0.2, 0.25) is 5.91 Å². The Morgan fingerprint density at radius 3 is 2.42 bits per heavy atom. The van der Waals surface area contributed by atoms with Crippen molar-refractivity contribution in [3.63, 3.8) is 0 Å². The number of hydrogen-bond acceptors (Lipinski definition) is 2. The highest BCUT2D eigenvalue weighted by atomic mass is 16.1. The van der Waals surface area contributed by atoms with Crippen LogP contribution in [-0.2, 0) is 4.79 Å². The molecule has 3 nitrogen and oxygen atoms in total. The van der Waals surface area contributed by atoms with Crippen molar-refractivity contribution < 1.29 is 4.79 Å². The summed E-state index contributed by atoms with van der Waals surface area (Å²) in [6.07, 6.45) is 0.684. The minimum atomic E-state index is -0.708. The molecule has 1 amide bonds. The van der Waals surface area contributed by atoms with Crippen molar-refractivity contribution in [1.82, 2.24) is 5.32 Å². The predicted molar refractivity (Wildman–Crippen MR) is 47.3 cm³/mol. The highest BCUT2D eigenvalue weighted by Gasteiger charge is 2.25. The number of hydrogen-bond donors (Lipinski definition) is 1. The van der Waals surface area contributed by atoms with Gasteiger partial charge in [0.1, 0.15) is 5.54 Å². The van der Waals surface area contributed by atoms with Gasteiger partial charge in [-0.25, -0.2) is 0 Å². The van der Waals surface area contributed by atoms with Crippen LogP contribution in [0.3, 0.4) is 0 Å². The van der Waals surface area contributed by atoms with Crippen molar-refractivity contribution in [2.45, 2.75) is 39.7 Å². The highest BCUT2D eigenvalue weighted by molar-refractivity contribution is 5.74. The first-order valence-electron chi connectivity index (χ1n) is 4.09. The highest BCUT2D eigenvalue weighted by Crippen LogP contribution is 2.14. The van der Waals surface area contributed by atoms with E-state index in [0.29, 0.717) is 12.3 Å². The minimum Gasteiger partial charge on any atom is -0.338 e. The number of carbonyl (C=O) groups excluding carboxylic acids is 1. The summed E-state index contributed by atoms with van der Waals surface area (Å²) in [7, 11) is 0. The fourth-order valence-corrected chi connectivity index (χ4v) is 1.33. The molecule has 0 spiro atoms. The maximum atomic E-state index is 10.7. The molecule has 0 aliphatic heterocycles. The number of rotatable bonds is 3. The van der Waals surface area contributed by atoms with Crippen molar-refractivity contribution in [3.05, 3.63) is 0 Å². The lowest BCUT2D eigenvalue weighted by atomic mass is 9.92. The molecule has 0 rings (SSSR count). The van der Waals surface area contributed by atoms with Crippen LogP contribution >= 0.6 is 0 Å². The van der Waals surface area contributed by atoms with Crippen LogP contribution < -0.4 is 5.32 Å². The van der Waals surface area contributed by atoms with E-state index in [1.54, 1.807) is 6.92 Å². The van der Waals surface area contributed by atoms with E-state index in [1.165, 1.54) is 6.92 Å². The fraction of sp³-hybridized carbons (Fsp3) is 0.778. The van der Waals surface area contributed by atoms with E-state index in [-0.39, 0.29) is 5.91 Å². The Balaban J connectivity index is 4.27. The van der Waals surface area contributed by atoms with E-state index in [1.807, 2.05) is 13.8 Å². The van der Waals surface area contributed by atoms with Crippen LogP contribution in [0.1, 0.15) is 34.1 Å². The van der Waals surface area contributed by atoms with Crippen molar-refractivity contribution in [1.29, 1.82) is 5.26 Å². The topological polar surface area (TPSA) is 52.9 Å². The third kappa shape index (κ3) is 3.97. The molecule has 0 aromatic rings. The first kappa shape index (κ1) is 11.0. The SMILES string of the molecule is CC(=O)NC(C)(C#N)CC(C)C. The zero-order chi connectivity index (χ0) is 9.78. The van der Waals surface area contributed by atoms with Gasteiger partial charge in [0.25, 0.3) is 0 Å². The summed E-state index contributed by atoms with van der Waals surface area (Å²) in [5.74, 6) is 0.251. The molecule has 12 heavy (non-hydrogen) atoms. The van der Waals surface area contributed by atoms with E-state index in [0.717, 1.165) is 0 Å². The second kappa shape index (κ2) is 4.10. The second-order valence-electron chi connectivity index (χ2n) is 3.72. The summed E-state index contributed by atoms with van der Waals surface area (Å²) < 4.78 is 0.